The summed E-state index contributed by atoms with van der Waals surface area (Å²) < 4.78 is 6.34. The molecule has 0 aromatic heterocycles. The van der Waals surface area contributed by atoms with Gasteiger partial charge in [0.05, 0.1) is 0 Å². The molecule has 2 aliphatic rings. The van der Waals surface area contributed by atoms with Crippen molar-refractivity contribution in [3.8, 4) is 5.75 Å². The lowest BCUT2D eigenvalue weighted by Gasteiger charge is -2.44. The molecule has 1 aromatic carbocycles. The number of rotatable bonds is 1. The van der Waals surface area contributed by atoms with Crippen molar-refractivity contribution >= 4 is 0 Å². The first-order valence-electron chi connectivity index (χ1n) is 6.81. The van der Waals surface area contributed by atoms with E-state index in [1.54, 1.807) is 0 Å². The molecule has 0 radical (unpaired) electrons. The Morgan fingerprint density at radius 3 is 2.71 bits per heavy atom. The SMILES string of the molecule is NCC1CC2(CCCCC2)Oc2ccccc21. The summed E-state index contributed by atoms with van der Waals surface area (Å²) >= 11 is 0. The van der Waals surface area contributed by atoms with Crippen molar-refractivity contribution in [2.24, 2.45) is 5.73 Å². The van der Waals surface area contributed by atoms with Gasteiger partial charge in [-0.25, -0.2) is 0 Å². The lowest BCUT2D eigenvalue weighted by Crippen LogP contribution is -2.43. The smallest absolute Gasteiger partial charge is 0.123 e. The van der Waals surface area contributed by atoms with Gasteiger partial charge >= 0.3 is 0 Å². The van der Waals surface area contributed by atoms with Crippen LogP contribution in [0.1, 0.15) is 50.0 Å². The number of nitrogens with two attached hydrogens (primary N) is 1. The highest BCUT2D eigenvalue weighted by molar-refractivity contribution is 5.39. The molecular formula is C15H21NO. The van der Waals surface area contributed by atoms with Crippen LogP contribution >= 0.6 is 0 Å². The molecule has 1 aliphatic carbocycles. The molecule has 1 spiro atoms. The highest BCUT2D eigenvalue weighted by Gasteiger charge is 2.40. The molecule has 3 rings (SSSR count). The standard InChI is InChI=1S/C15H21NO/c16-11-12-10-15(8-4-1-5-9-15)17-14-7-3-2-6-13(12)14/h2-3,6-7,12H,1,4-5,8-11,16H2. The molecule has 1 heterocycles. The summed E-state index contributed by atoms with van der Waals surface area (Å²) in [5.41, 5.74) is 7.36. The Labute approximate surface area is 103 Å². The number of para-hydroxylation sites is 1. The Bertz CT molecular complexity index is 396. The number of fused-ring (bicyclic) bond motifs is 1. The molecule has 1 unspecified atom stereocenters. The molecule has 0 saturated heterocycles. The first kappa shape index (κ1) is 11.1. The summed E-state index contributed by atoms with van der Waals surface area (Å²) in [5, 5.41) is 0. The second-order valence-corrected chi connectivity index (χ2v) is 5.52. The van der Waals surface area contributed by atoms with Gasteiger partial charge in [-0.15, -0.1) is 0 Å². The van der Waals surface area contributed by atoms with Gasteiger partial charge < -0.3 is 10.5 Å². The Morgan fingerprint density at radius 2 is 1.94 bits per heavy atom. The number of hydrogen-bond acceptors (Lipinski definition) is 2. The van der Waals surface area contributed by atoms with Gasteiger partial charge in [0, 0.05) is 5.92 Å². The summed E-state index contributed by atoms with van der Waals surface area (Å²) in [6.45, 7) is 0.738. The molecule has 17 heavy (non-hydrogen) atoms. The minimum atomic E-state index is 0.0939. The van der Waals surface area contributed by atoms with Crippen LogP contribution < -0.4 is 10.5 Å². The van der Waals surface area contributed by atoms with Gasteiger partial charge in [-0.1, -0.05) is 24.6 Å². The predicted molar refractivity (Wildman–Crippen MR) is 69.3 cm³/mol. The molecule has 1 atom stereocenters. The maximum Gasteiger partial charge on any atom is 0.123 e. The lowest BCUT2D eigenvalue weighted by molar-refractivity contribution is 0.00220. The summed E-state index contributed by atoms with van der Waals surface area (Å²) in [4.78, 5) is 0. The summed E-state index contributed by atoms with van der Waals surface area (Å²) in [6.07, 6.45) is 7.50. The van der Waals surface area contributed by atoms with Crippen molar-refractivity contribution in [1.29, 1.82) is 0 Å². The second kappa shape index (κ2) is 4.34. The van der Waals surface area contributed by atoms with Gasteiger partial charge in [0.2, 0.25) is 0 Å². The quantitative estimate of drug-likeness (QED) is 0.805. The minimum Gasteiger partial charge on any atom is -0.487 e. The molecule has 1 aromatic rings. The fourth-order valence-electron chi connectivity index (χ4n) is 3.46. The van der Waals surface area contributed by atoms with E-state index in [4.69, 9.17) is 10.5 Å². The van der Waals surface area contributed by atoms with Gasteiger partial charge in [0.15, 0.2) is 0 Å². The largest absolute Gasteiger partial charge is 0.487 e. The van der Waals surface area contributed by atoms with E-state index in [0.29, 0.717) is 5.92 Å². The Kier molecular flexibility index (Phi) is 2.83. The van der Waals surface area contributed by atoms with Crippen molar-refractivity contribution in [2.45, 2.75) is 50.0 Å². The molecule has 2 N–H and O–H groups in total. The molecule has 2 nitrogen and oxygen atoms in total. The summed E-state index contributed by atoms with van der Waals surface area (Å²) in [6, 6.07) is 8.42. The Hall–Kier alpha value is -1.02. The second-order valence-electron chi connectivity index (χ2n) is 5.52. The fraction of sp³-hybridized carbons (Fsp3) is 0.600. The number of benzene rings is 1. The molecule has 2 heteroatoms. The van der Waals surface area contributed by atoms with E-state index in [1.165, 1.54) is 37.7 Å². The highest BCUT2D eigenvalue weighted by Crippen LogP contribution is 2.46. The first-order valence-corrected chi connectivity index (χ1v) is 6.81. The zero-order valence-corrected chi connectivity index (χ0v) is 10.3. The van der Waals surface area contributed by atoms with Gasteiger partial charge in [-0.3, -0.25) is 0 Å². The topological polar surface area (TPSA) is 35.2 Å². The maximum absolute atomic E-state index is 6.34. The third kappa shape index (κ3) is 1.95. The Morgan fingerprint density at radius 1 is 1.18 bits per heavy atom. The minimum absolute atomic E-state index is 0.0939. The highest BCUT2D eigenvalue weighted by atomic mass is 16.5. The predicted octanol–water partition coefficient (Wildman–Crippen LogP) is 3.21. The van der Waals surface area contributed by atoms with Crippen LogP contribution in [0.15, 0.2) is 24.3 Å². The average Bonchev–Trinajstić information content (AvgIpc) is 2.38. The van der Waals surface area contributed by atoms with Crippen molar-refractivity contribution in [1.82, 2.24) is 0 Å². The summed E-state index contributed by atoms with van der Waals surface area (Å²) in [5.74, 6) is 1.56. The van der Waals surface area contributed by atoms with Gasteiger partial charge in [-0.05, 0) is 50.3 Å². The molecule has 1 aliphatic heterocycles. The molecule has 1 saturated carbocycles. The normalized spacial score (nSPS) is 26.3. The Balaban J connectivity index is 1.94. The monoisotopic (exact) mass is 231 g/mol. The van der Waals surface area contributed by atoms with Crippen molar-refractivity contribution in [3.63, 3.8) is 0 Å². The van der Waals surface area contributed by atoms with Crippen LogP contribution in [-0.2, 0) is 0 Å². The average molecular weight is 231 g/mol. The van der Waals surface area contributed by atoms with Crippen LogP contribution in [0.2, 0.25) is 0 Å². The first-order chi connectivity index (χ1) is 8.33. The molecule has 0 bridgehead atoms. The zero-order chi connectivity index (χ0) is 11.7. The van der Waals surface area contributed by atoms with Crippen molar-refractivity contribution in [2.75, 3.05) is 6.54 Å². The van der Waals surface area contributed by atoms with Crippen molar-refractivity contribution in [3.05, 3.63) is 29.8 Å². The zero-order valence-electron chi connectivity index (χ0n) is 10.3. The number of ether oxygens (including phenoxy) is 1. The number of hydrogen-bond donors (Lipinski definition) is 1. The lowest BCUT2D eigenvalue weighted by atomic mass is 9.74. The third-order valence-electron chi connectivity index (χ3n) is 4.35. The molecular weight excluding hydrogens is 210 g/mol. The van der Waals surface area contributed by atoms with E-state index in [-0.39, 0.29) is 5.60 Å². The van der Waals surface area contributed by atoms with Gasteiger partial charge in [0.25, 0.3) is 0 Å². The third-order valence-corrected chi connectivity index (χ3v) is 4.35. The van der Waals surface area contributed by atoms with E-state index < -0.39 is 0 Å². The van der Waals surface area contributed by atoms with Crippen LogP contribution in [0.25, 0.3) is 0 Å². The van der Waals surface area contributed by atoms with Crippen LogP contribution in [0.4, 0.5) is 0 Å². The van der Waals surface area contributed by atoms with E-state index in [2.05, 4.69) is 24.3 Å². The van der Waals surface area contributed by atoms with E-state index in [9.17, 15) is 0 Å². The fourth-order valence-corrected chi connectivity index (χ4v) is 3.46. The van der Waals surface area contributed by atoms with Crippen LogP contribution in [0.3, 0.4) is 0 Å². The van der Waals surface area contributed by atoms with E-state index >= 15 is 0 Å². The van der Waals surface area contributed by atoms with Crippen LogP contribution in [0, 0.1) is 0 Å². The van der Waals surface area contributed by atoms with Gasteiger partial charge in [-0.2, -0.15) is 0 Å². The summed E-state index contributed by atoms with van der Waals surface area (Å²) in [7, 11) is 0. The van der Waals surface area contributed by atoms with Crippen molar-refractivity contribution < 1.29 is 4.74 Å². The van der Waals surface area contributed by atoms with Crippen LogP contribution in [-0.4, -0.2) is 12.1 Å². The maximum atomic E-state index is 6.34. The molecule has 0 amide bonds. The van der Waals surface area contributed by atoms with Gasteiger partial charge in [0.1, 0.15) is 11.4 Å². The van der Waals surface area contributed by atoms with E-state index in [1.807, 2.05) is 0 Å². The van der Waals surface area contributed by atoms with Crippen LogP contribution in [0.5, 0.6) is 5.75 Å². The molecule has 92 valence electrons. The van der Waals surface area contributed by atoms with E-state index in [0.717, 1.165) is 18.7 Å². The molecule has 1 fully saturated rings.